The van der Waals surface area contributed by atoms with Gasteiger partial charge in [0.15, 0.2) is 0 Å². The molecule has 18 heavy (non-hydrogen) atoms. The van der Waals surface area contributed by atoms with Gasteiger partial charge in [-0.3, -0.25) is 0 Å². The SMILES string of the molecule is CC1(C)CCC(NS(=O)(=O)c2cccc(Br)c2)C1. The highest BCUT2D eigenvalue weighted by atomic mass is 79.9. The van der Waals surface area contributed by atoms with Crippen molar-refractivity contribution in [3.63, 3.8) is 0 Å². The monoisotopic (exact) mass is 331 g/mol. The molecule has 1 aromatic rings. The summed E-state index contributed by atoms with van der Waals surface area (Å²) in [6.07, 6.45) is 2.89. The summed E-state index contributed by atoms with van der Waals surface area (Å²) in [4.78, 5) is 0.321. The van der Waals surface area contributed by atoms with Crippen molar-refractivity contribution in [2.45, 2.75) is 44.0 Å². The minimum absolute atomic E-state index is 0.0592. The van der Waals surface area contributed by atoms with Crippen molar-refractivity contribution in [2.75, 3.05) is 0 Å². The van der Waals surface area contributed by atoms with Crippen LogP contribution in [0.1, 0.15) is 33.1 Å². The summed E-state index contributed by atoms with van der Waals surface area (Å²) in [6.45, 7) is 4.36. The average molecular weight is 332 g/mol. The molecule has 1 aromatic carbocycles. The van der Waals surface area contributed by atoms with Crippen LogP contribution in [0.3, 0.4) is 0 Å². The van der Waals surface area contributed by atoms with E-state index in [0.717, 1.165) is 23.7 Å². The molecule has 0 spiro atoms. The number of halogens is 1. The number of hydrogen-bond donors (Lipinski definition) is 1. The maximum absolute atomic E-state index is 12.2. The Morgan fingerprint density at radius 3 is 2.67 bits per heavy atom. The van der Waals surface area contributed by atoms with Gasteiger partial charge in [-0.15, -0.1) is 0 Å². The normalized spacial score (nSPS) is 23.2. The molecule has 1 aliphatic rings. The van der Waals surface area contributed by atoms with Gasteiger partial charge in [-0.2, -0.15) is 0 Å². The summed E-state index contributed by atoms with van der Waals surface area (Å²) in [7, 11) is -3.40. The van der Waals surface area contributed by atoms with Crippen molar-refractivity contribution in [3.05, 3.63) is 28.7 Å². The lowest BCUT2D eigenvalue weighted by Gasteiger charge is -2.18. The molecule has 0 amide bonds. The molecule has 100 valence electrons. The fourth-order valence-corrected chi connectivity index (χ4v) is 4.33. The predicted molar refractivity (Wildman–Crippen MR) is 75.9 cm³/mol. The van der Waals surface area contributed by atoms with Gasteiger partial charge in [-0.05, 0) is 42.9 Å². The van der Waals surface area contributed by atoms with Gasteiger partial charge in [-0.25, -0.2) is 13.1 Å². The summed E-state index contributed by atoms with van der Waals surface area (Å²) < 4.78 is 28.0. The zero-order valence-electron chi connectivity index (χ0n) is 10.6. The largest absolute Gasteiger partial charge is 0.240 e. The van der Waals surface area contributed by atoms with E-state index < -0.39 is 10.0 Å². The summed E-state index contributed by atoms with van der Waals surface area (Å²) in [5, 5.41) is 0. The molecule has 1 aliphatic carbocycles. The molecule has 0 radical (unpaired) electrons. The summed E-state index contributed by atoms with van der Waals surface area (Å²) in [6, 6.07) is 6.86. The molecular formula is C13H18BrNO2S. The van der Waals surface area contributed by atoms with Gasteiger partial charge in [0, 0.05) is 10.5 Å². The highest BCUT2D eigenvalue weighted by molar-refractivity contribution is 9.10. The molecule has 0 saturated heterocycles. The second kappa shape index (κ2) is 4.94. The Morgan fingerprint density at radius 1 is 1.39 bits per heavy atom. The predicted octanol–water partition coefficient (Wildman–Crippen LogP) is 3.31. The van der Waals surface area contributed by atoms with Crippen LogP contribution in [0.2, 0.25) is 0 Å². The minimum atomic E-state index is -3.40. The second-order valence-electron chi connectivity index (χ2n) is 5.68. The standard InChI is InChI=1S/C13H18BrNO2S/c1-13(2)7-6-11(9-13)15-18(16,17)12-5-3-4-10(14)8-12/h3-5,8,11,15H,6-7,9H2,1-2H3. The fourth-order valence-electron chi connectivity index (χ4n) is 2.46. The van der Waals surface area contributed by atoms with Crippen LogP contribution >= 0.6 is 15.9 Å². The first-order valence-corrected chi connectivity index (χ1v) is 8.34. The molecule has 0 bridgehead atoms. The zero-order valence-corrected chi connectivity index (χ0v) is 13.0. The third-order valence-corrected chi connectivity index (χ3v) is 5.41. The van der Waals surface area contributed by atoms with Crippen LogP contribution in [0.15, 0.2) is 33.6 Å². The lowest BCUT2D eigenvalue weighted by molar-refractivity contribution is 0.372. The molecule has 1 atom stereocenters. The van der Waals surface area contributed by atoms with Gasteiger partial charge >= 0.3 is 0 Å². The Hall–Kier alpha value is -0.390. The molecule has 0 aliphatic heterocycles. The smallest absolute Gasteiger partial charge is 0.208 e. The van der Waals surface area contributed by atoms with Crippen molar-refractivity contribution in [1.82, 2.24) is 4.72 Å². The third kappa shape index (κ3) is 3.33. The Balaban J connectivity index is 2.14. The number of hydrogen-bond acceptors (Lipinski definition) is 2. The number of rotatable bonds is 3. The molecule has 5 heteroatoms. The first kappa shape index (κ1) is 14.0. The lowest BCUT2D eigenvalue weighted by atomic mass is 9.92. The minimum Gasteiger partial charge on any atom is -0.208 e. The van der Waals surface area contributed by atoms with Crippen LogP contribution < -0.4 is 4.72 Å². The summed E-state index contributed by atoms with van der Waals surface area (Å²) in [5.41, 5.74) is 0.241. The Kier molecular flexibility index (Phi) is 3.85. The highest BCUT2D eigenvalue weighted by Gasteiger charge is 2.33. The average Bonchev–Trinajstić information content (AvgIpc) is 2.57. The van der Waals surface area contributed by atoms with Crippen LogP contribution in [0, 0.1) is 5.41 Å². The maximum atomic E-state index is 12.2. The first-order chi connectivity index (χ1) is 8.28. The van der Waals surface area contributed by atoms with E-state index in [1.165, 1.54) is 0 Å². The molecule has 1 N–H and O–H groups in total. The van der Waals surface area contributed by atoms with Crippen molar-refractivity contribution in [2.24, 2.45) is 5.41 Å². The zero-order chi connectivity index (χ0) is 13.4. The van der Waals surface area contributed by atoms with E-state index in [9.17, 15) is 8.42 Å². The van der Waals surface area contributed by atoms with E-state index in [2.05, 4.69) is 34.5 Å². The molecule has 1 fully saturated rings. The van der Waals surface area contributed by atoms with Crippen LogP contribution in [0.5, 0.6) is 0 Å². The Morgan fingerprint density at radius 2 is 2.11 bits per heavy atom. The molecule has 1 unspecified atom stereocenters. The van der Waals surface area contributed by atoms with Gasteiger partial charge in [0.1, 0.15) is 0 Å². The van der Waals surface area contributed by atoms with Crippen LogP contribution in [0.25, 0.3) is 0 Å². The van der Waals surface area contributed by atoms with E-state index >= 15 is 0 Å². The van der Waals surface area contributed by atoms with E-state index in [1.54, 1.807) is 18.2 Å². The first-order valence-electron chi connectivity index (χ1n) is 6.06. The fraction of sp³-hybridized carbons (Fsp3) is 0.538. The van der Waals surface area contributed by atoms with E-state index in [1.807, 2.05) is 6.07 Å². The van der Waals surface area contributed by atoms with E-state index in [-0.39, 0.29) is 11.5 Å². The number of benzene rings is 1. The van der Waals surface area contributed by atoms with Crippen LogP contribution in [-0.4, -0.2) is 14.5 Å². The van der Waals surface area contributed by atoms with E-state index in [0.29, 0.717) is 4.90 Å². The molecule has 2 rings (SSSR count). The van der Waals surface area contributed by atoms with Crippen LogP contribution in [-0.2, 0) is 10.0 Å². The van der Waals surface area contributed by atoms with Gasteiger partial charge in [0.05, 0.1) is 4.90 Å². The second-order valence-corrected chi connectivity index (χ2v) is 8.31. The maximum Gasteiger partial charge on any atom is 0.240 e. The summed E-state index contributed by atoms with van der Waals surface area (Å²) in [5.74, 6) is 0. The lowest BCUT2D eigenvalue weighted by Crippen LogP contribution is -2.33. The van der Waals surface area contributed by atoms with Gasteiger partial charge in [0.2, 0.25) is 10.0 Å². The van der Waals surface area contributed by atoms with Crippen molar-refractivity contribution < 1.29 is 8.42 Å². The molecule has 1 saturated carbocycles. The van der Waals surface area contributed by atoms with Gasteiger partial charge < -0.3 is 0 Å². The van der Waals surface area contributed by atoms with E-state index in [4.69, 9.17) is 0 Å². The Bertz CT molecular complexity index is 540. The van der Waals surface area contributed by atoms with Crippen LogP contribution in [0.4, 0.5) is 0 Å². The summed E-state index contributed by atoms with van der Waals surface area (Å²) >= 11 is 3.29. The number of nitrogens with one attached hydrogen (secondary N) is 1. The molecule has 3 nitrogen and oxygen atoms in total. The number of sulfonamides is 1. The van der Waals surface area contributed by atoms with Gasteiger partial charge in [0.25, 0.3) is 0 Å². The van der Waals surface area contributed by atoms with Crippen molar-refractivity contribution in [1.29, 1.82) is 0 Å². The third-order valence-electron chi connectivity index (χ3n) is 3.40. The van der Waals surface area contributed by atoms with Crippen molar-refractivity contribution in [3.8, 4) is 0 Å². The van der Waals surface area contributed by atoms with Crippen molar-refractivity contribution >= 4 is 26.0 Å². The van der Waals surface area contributed by atoms with Gasteiger partial charge in [-0.1, -0.05) is 35.8 Å². The topological polar surface area (TPSA) is 46.2 Å². The Labute approximate surface area is 117 Å². The molecule has 0 heterocycles. The quantitative estimate of drug-likeness (QED) is 0.923. The highest BCUT2D eigenvalue weighted by Crippen LogP contribution is 2.37. The molecular weight excluding hydrogens is 314 g/mol. The molecule has 0 aromatic heterocycles.